The van der Waals surface area contributed by atoms with Crippen LogP contribution in [0.5, 0.6) is 0 Å². The second-order valence-electron chi connectivity index (χ2n) is 6.62. The Morgan fingerprint density at radius 2 is 1.91 bits per heavy atom. The zero-order valence-corrected chi connectivity index (χ0v) is 14.3. The van der Waals surface area contributed by atoms with Gasteiger partial charge in [-0.15, -0.1) is 0 Å². The summed E-state index contributed by atoms with van der Waals surface area (Å²) < 4.78 is 12.1. The number of allylic oxidation sites excluding steroid dienone is 2. The van der Waals surface area contributed by atoms with Crippen LogP contribution in [0.15, 0.2) is 42.5 Å². The first-order valence-corrected chi connectivity index (χ1v) is 8.64. The van der Waals surface area contributed by atoms with Gasteiger partial charge in [-0.25, -0.2) is 0 Å². The fraction of sp³-hybridized carbons (Fsp3) is 0.600. The van der Waals surface area contributed by atoms with E-state index < -0.39 is 5.79 Å². The third-order valence-corrected chi connectivity index (χ3v) is 4.19. The average Bonchev–Trinajstić information content (AvgIpc) is 2.52. The highest BCUT2D eigenvalue weighted by Gasteiger charge is 2.36. The van der Waals surface area contributed by atoms with Crippen LogP contribution in [0.2, 0.25) is 0 Å². The predicted octanol–water partition coefficient (Wildman–Crippen LogP) is 5.65. The zero-order valence-electron chi connectivity index (χ0n) is 14.3. The van der Waals surface area contributed by atoms with Crippen molar-refractivity contribution in [1.29, 1.82) is 0 Å². The molecule has 1 fully saturated rings. The summed E-state index contributed by atoms with van der Waals surface area (Å²) in [6.07, 6.45) is 10.8. The lowest BCUT2D eigenvalue weighted by Gasteiger charge is -2.41. The van der Waals surface area contributed by atoms with Crippen LogP contribution in [0.1, 0.15) is 64.5 Å². The molecule has 122 valence electrons. The van der Waals surface area contributed by atoms with E-state index in [1.54, 1.807) is 0 Å². The minimum Gasteiger partial charge on any atom is -0.350 e. The number of unbranched alkanes of at least 4 members (excludes halogenated alkanes) is 3. The first kappa shape index (κ1) is 17.2. The van der Waals surface area contributed by atoms with Crippen molar-refractivity contribution in [3.05, 3.63) is 48.0 Å². The Hall–Kier alpha value is -1.12. The molecule has 0 aromatic heterocycles. The molecule has 0 spiro atoms. The van der Waals surface area contributed by atoms with Crippen LogP contribution < -0.4 is 0 Å². The normalized spacial score (nSPS) is 24.7. The van der Waals surface area contributed by atoms with Crippen LogP contribution in [0.4, 0.5) is 0 Å². The molecule has 0 radical (unpaired) electrons. The SMILES string of the molecule is CCCCC/C=C\C[C@@H]1COC(C)(C)OC1c1ccccc1. The molecule has 1 aromatic rings. The molecule has 0 aliphatic carbocycles. The van der Waals surface area contributed by atoms with E-state index in [0.29, 0.717) is 5.92 Å². The summed E-state index contributed by atoms with van der Waals surface area (Å²) >= 11 is 0. The lowest BCUT2D eigenvalue weighted by atomic mass is 9.91. The molecule has 1 aromatic carbocycles. The maximum absolute atomic E-state index is 6.21. The topological polar surface area (TPSA) is 18.5 Å². The largest absolute Gasteiger partial charge is 0.350 e. The van der Waals surface area contributed by atoms with Crippen LogP contribution in [-0.2, 0) is 9.47 Å². The van der Waals surface area contributed by atoms with Crippen molar-refractivity contribution >= 4 is 0 Å². The van der Waals surface area contributed by atoms with Crippen molar-refractivity contribution in [2.24, 2.45) is 5.92 Å². The fourth-order valence-electron chi connectivity index (χ4n) is 2.91. The highest BCUT2D eigenvalue weighted by atomic mass is 16.7. The van der Waals surface area contributed by atoms with Gasteiger partial charge in [0.1, 0.15) is 0 Å². The standard InChI is InChI=1S/C20H30O2/c1-4-5-6-7-8-10-15-18-16-21-20(2,3)22-19(18)17-13-11-9-12-14-17/h8-14,18-19H,4-7,15-16H2,1-3H3/b10-8-/t18-,19?/m1/s1. The van der Waals surface area contributed by atoms with Crippen molar-refractivity contribution < 1.29 is 9.47 Å². The van der Waals surface area contributed by atoms with Crippen LogP contribution in [0, 0.1) is 5.92 Å². The molecule has 2 nitrogen and oxygen atoms in total. The molecule has 0 saturated carbocycles. The molecule has 22 heavy (non-hydrogen) atoms. The van der Waals surface area contributed by atoms with E-state index in [0.717, 1.165) is 13.0 Å². The molecule has 1 aliphatic rings. The highest BCUT2D eigenvalue weighted by molar-refractivity contribution is 5.19. The second kappa shape index (κ2) is 8.50. The minimum absolute atomic E-state index is 0.116. The first-order chi connectivity index (χ1) is 10.6. The van der Waals surface area contributed by atoms with E-state index in [1.807, 2.05) is 13.8 Å². The maximum Gasteiger partial charge on any atom is 0.163 e. The molecule has 2 rings (SSSR count). The van der Waals surface area contributed by atoms with E-state index in [4.69, 9.17) is 9.47 Å². The molecule has 0 N–H and O–H groups in total. The Bertz CT molecular complexity index is 450. The van der Waals surface area contributed by atoms with Crippen molar-refractivity contribution in [2.45, 2.75) is 64.8 Å². The average molecular weight is 302 g/mol. The third kappa shape index (κ3) is 5.26. The zero-order chi connectivity index (χ0) is 15.8. The molecule has 1 saturated heterocycles. The van der Waals surface area contributed by atoms with Gasteiger partial charge in [-0.05, 0) is 38.7 Å². The molecule has 2 atom stereocenters. The van der Waals surface area contributed by atoms with Gasteiger partial charge in [-0.3, -0.25) is 0 Å². The number of hydrogen-bond acceptors (Lipinski definition) is 2. The maximum atomic E-state index is 6.21. The molecule has 0 amide bonds. The number of ether oxygens (including phenoxy) is 2. The van der Waals surface area contributed by atoms with Gasteiger partial charge in [0.05, 0.1) is 12.7 Å². The number of hydrogen-bond donors (Lipinski definition) is 0. The van der Waals surface area contributed by atoms with Gasteiger partial charge in [0.25, 0.3) is 0 Å². The third-order valence-electron chi connectivity index (χ3n) is 4.19. The molecular formula is C20H30O2. The fourth-order valence-corrected chi connectivity index (χ4v) is 2.91. The van der Waals surface area contributed by atoms with Crippen LogP contribution in [-0.4, -0.2) is 12.4 Å². The quantitative estimate of drug-likeness (QED) is 0.478. The van der Waals surface area contributed by atoms with Crippen molar-refractivity contribution in [3.8, 4) is 0 Å². The summed E-state index contributed by atoms with van der Waals surface area (Å²) in [6.45, 7) is 7.00. The Labute approximate surface area is 135 Å². The molecule has 1 aliphatic heterocycles. The summed E-state index contributed by atoms with van der Waals surface area (Å²) in [6, 6.07) is 10.5. The molecule has 1 unspecified atom stereocenters. The van der Waals surface area contributed by atoms with Gasteiger partial charge in [-0.2, -0.15) is 0 Å². The minimum atomic E-state index is -0.498. The van der Waals surface area contributed by atoms with Gasteiger partial charge in [0.2, 0.25) is 0 Å². The predicted molar refractivity (Wildman–Crippen MR) is 91.7 cm³/mol. The monoisotopic (exact) mass is 302 g/mol. The van der Waals surface area contributed by atoms with Crippen molar-refractivity contribution in [1.82, 2.24) is 0 Å². The molecular weight excluding hydrogens is 272 g/mol. The Morgan fingerprint density at radius 1 is 1.14 bits per heavy atom. The Balaban J connectivity index is 1.95. The van der Waals surface area contributed by atoms with E-state index in [-0.39, 0.29) is 6.10 Å². The van der Waals surface area contributed by atoms with Crippen LogP contribution >= 0.6 is 0 Å². The smallest absolute Gasteiger partial charge is 0.163 e. The van der Waals surface area contributed by atoms with Gasteiger partial charge in [0, 0.05) is 5.92 Å². The van der Waals surface area contributed by atoms with Crippen LogP contribution in [0.25, 0.3) is 0 Å². The second-order valence-corrected chi connectivity index (χ2v) is 6.62. The number of benzene rings is 1. The first-order valence-electron chi connectivity index (χ1n) is 8.64. The van der Waals surface area contributed by atoms with E-state index >= 15 is 0 Å². The van der Waals surface area contributed by atoms with Gasteiger partial charge < -0.3 is 9.47 Å². The van der Waals surface area contributed by atoms with Gasteiger partial charge in [-0.1, -0.05) is 62.2 Å². The van der Waals surface area contributed by atoms with E-state index in [2.05, 4.69) is 49.4 Å². The van der Waals surface area contributed by atoms with Crippen molar-refractivity contribution in [3.63, 3.8) is 0 Å². The lowest BCUT2D eigenvalue weighted by Crippen LogP contribution is -2.41. The highest BCUT2D eigenvalue weighted by Crippen LogP contribution is 2.38. The molecule has 1 heterocycles. The van der Waals surface area contributed by atoms with E-state index in [9.17, 15) is 0 Å². The summed E-state index contributed by atoms with van der Waals surface area (Å²) in [7, 11) is 0. The molecule has 0 bridgehead atoms. The summed E-state index contributed by atoms with van der Waals surface area (Å²) in [5.74, 6) is -0.111. The molecule has 2 heteroatoms. The van der Waals surface area contributed by atoms with E-state index in [1.165, 1.54) is 31.2 Å². The summed E-state index contributed by atoms with van der Waals surface area (Å²) in [5, 5.41) is 0. The van der Waals surface area contributed by atoms with Gasteiger partial charge in [0.15, 0.2) is 5.79 Å². The Kier molecular flexibility index (Phi) is 6.66. The summed E-state index contributed by atoms with van der Waals surface area (Å²) in [5.41, 5.74) is 1.25. The number of rotatable bonds is 7. The Morgan fingerprint density at radius 3 is 2.64 bits per heavy atom. The van der Waals surface area contributed by atoms with Gasteiger partial charge >= 0.3 is 0 Å². The van der Waals surface area contributed by atoms with Crippen molar-refractivity contribution in [2.75, 3.05) is 6.61 Å². The summed E-state index contributed by atoms with van der Waals surface area (Å²) in [4.78, 5) is 0. The van der Waals surface area contributed by atoms with Crippen LogP contribution in [0.3, 0.4) is 0 Å². The lowest BCUT2D eigenvalue weighted by molar-refractivity contribution is -0.295.